The second-order valence-electron chi connectivity index (χ2n) is 14.0. The van der Waals surface area contributed by atoms with Crippen molar-refractivity contribution in [2.75, 3.05) is 33.2 Å². The maximum Gasteiger partial charge on any atom is 0.144 e. The van der Waals surface area contributed by atoms with Gasteiger partial charge in [-0.05, 0) is 77.9 Å². The molecule has 0 aliphatic carbocycles. The third-order valence-corrected chi connectivity index (χ3v) is 10.7. The Hall–Kier alpha value is -6.32. The van der Waals surface area contributed by atoms with Gasteiger partial charge in [-0.25, -0.2) is 27.5 Å². The normalized spacial score (nSPS) is 14.2. The Bertz CT molecular complexity index is 3000. The van der Waals surface area contributed by atoms with Gasteiger partial charge in [0.2, 0.25) is 0 Å². The maximum atomic E-state index is 14.4. The quantitative estimate of drug-likeness (QED) is 0.112. The number of benzene rings is 2. The van der Waals surface area contributed by atoms with Crippen LogP contribution < -0.4 is 5.32 Å². The van der Waals surface area contributed by atoms with Crippen molar-refractivity contribution in [1.29, 1.82) is 0 Å². The summed E-state index contributed by atoms with van der Waals surface area (Å²) in [7, 11) is 2.07. The standard InChI is InChI=1S/C22H16ClF2N5.C21H14ClF2N5/c1-30-5-4-12(11-30)13-6-21-20(26-9-13)3-2-19(28-21)15-10-27-29-22(15)14-7-16(23)18(25)8-17(14)24;22-15-6-13(16(23)7-17(15)24)21-14(10-27-29-21)18-1-2-19-20(28-18)5-12(9-26-19)11-3-4-25-8-11/h2-4,6-10H,5,11H2,1H3,(H,27,29);1-3,5-7,9-10,25H,4,8H2,(H,27,29). The topological polar surface area (TPSA) is 124 Å². The molecule has 0 unspecified atom stereocenters. The fourth-order valence-electron chi connectivity index (χ4n) is 7.05. The molecular formula is C43H30Cl2F4N10. The zero-order valence-electron chi connectivity index (χ0n) is 31.0. The van der Waals surface area contributed by atoms with Crippen molar-refractivity contribution in [1.82, 2.24) is 50.5 Å². The Balaban J connectivity index is 0.000000152. The van der Waals surface area contributed by atoms with Crippen molar-refractivity contribution in [3.05, 3.63) is 142 Å². The number of aromatic nitrogens is 8. The zero-order chi connectivity index (χ0) is 40.8. The molecule has 59 heavy (non-hydrogen) atoms. The number of rotatable bonds is 6. The summed E-state index contributed by atoms with van der Waals surface area (Å²) in [6.45, 7) is 3.41. The SMILES string of the molecule is CN1CC=C(c2cnc3ccc(-c4cn[nH]c4-c4cc(Cl)c(F)cc4F)nc3c2)C1.Fc1cc(F)c(-c2[nH]ncc2-c2ccc3ncc(C4=CCNC4)cc3n2)cc1Cl. The van der Waals surface area contributed by atoms with E-state index in [9.17, 15) is 17.6 Å². The molecule has 0 bridgehead atoms. The predicted molar refractivity (Wildman–Crippen MR) is 221 cm³/mol. The average molecular weight is 834 g/mol. The van der Waals surface area contributed by atoms with E-state index in [0.29, 0.717) is 33.9 Å². The molecule has 2 aliphatic heterocycles. The van der Waals surface area contributed by atoms with E-state index in [1.807, 2.05) is 36.7 Å². The van der Waals surface area contributed by atoms with E-state index in [1.165, 1.54) is 23.3 Å². The second-order valence-corrected chi connectivity index (χ2v) is 14.8. The number of nitrogens with one attached hydrogen (secondary N) is 3. The molecule has 0 spiro atoms. The molecule has 0 fully saturated rings. The summed E-state index contributed by atoms with van der Waals surface area (Å²) < 4.78 is 55.9. The highest BCUT2D eigenvalue weighted by atomic mass is 35.5. The van der Waals surface area contributed by atoms with Crippen LogP contribution in [0.1, 0.15) is 11.1 Å². The van der Waals surface area contributed by atoms with Crippen molar-refractivity contribution in [3.63, 3.8) is 0 Å². The minimum atomic E-state index is -0.813. The number of hydrogen-bond acceptors (Lipinski definition) is 8. The number of nitrogens with zero attached hydrogens (tertiary/aromatic N) is 7. The molecule has 2 aliphatic rings. The van der Waals surface area contributed by atoms with Crippen LogP contribution in [0.4, 0.5) is 17.6 Å². The molecule has 0 saturated heterocycles. The summed E-state index contributed by atoms with van der Waals surface area (Å²) in [6.07, 6.45) is 11.1. The van der Waals surface area contributed by atoms with Gasteiger partial charge in [-0.15, -0.1) is 0 Å². The van der Waals surface area contributed by atoms with E-state index in [1.54, 1.807) is 24.5 Å². The summed E-state index contributed by atoms with van der Waals surface area (Å²) in [6, 6.07) is 15.3. The summed E-state index contributed by atoms with van der Waals surface area (Å²) >= 11 is 11.7. The first kappa shape index (κ1) is 38.2. The van der Waals surface area contributed by atoms with Gasteiger partial charge in [0, 0.05) is 73.0 Å². The van der Waals surface area contributed by atoms with Crippen LogP contribution in [0.3, 0.4) is 0 Å². The van der Waals surface area contributed by atoms with Crippen LogP contribution in [0, 0.1) is 23.3 Å². The van der Waals surface area contributed by atoms with Crippen LogP contribution in [0.2, 0.25) is 10.0 Å². The number of H-pyrrole nitrogens is 2. The van der Waals surface area contributed by atoms with Gasteiger partial charge in [0.25, 0.3) is 0 Å². The van der Waals surface area contributed by atoms with Crippen LogP contribution in [-0.2, 0) is 0 Å². The van der Waals surface area contributed by atoms with Crippen molar-refractivity contribution >= 4 is 56.4 Å². The van der Waals surface area contributed by atoms with E-state index in [-0.39, 0.29) is 21.2 Å². The van der Waals surface area contributed by atoms with E-state index >= 15 is 0 Å². The highest BCUT2D eigenvalue weighted by Crippen LogP contribution is 2.36. The third kappa shape index (κ3) is 7.58. The van der Waals surface area contributed by atoms with Gasteiger partial charge in [-0.1, -0.05) is 35.4 Å². The van der Waals surface area contributed by atoms with Crippen LogP contribution in [0.5, 0.6) is 0 Å². The molecule has 294 valence electrons. The Kier molecular flexibility index (Phi) is 10.2. The summed E-state index contributed by atoms with van der Waals surface area (Å²) in [5.74, 6) is -3.09. The van der Waals surface area contributed by atoms with Crippen LogP contribution in [-0.4, -0.2) is 78.5 Å². The largest absolute Gasteiger partial charge is 0.309 e. The van der Waals surface area contributed by atoms with Gasteiger partial charge in [0.1, 0.15) is 23.3 Å². The molecule has 6 aromatic heterocycles. The van der Waals surface area contributed by atoms with Gasteiger partial charge in [-0.3, -0.25) is 25.1 Å². The number of pyridine rings is 4. The van der Waals surface area contributed by atoms with Crippen molar-refractivity contribution in [2.45, 2.75) is 0 Å². The number of hydrogen-bond donors (Lipinski definition) is 3. The van der Waals surface area contributed by atoms with E-state index < -0.39 is 23.3 Å². The Morgan fingerprint density at radius 2 is 1.10 bits per heavy atom. The van der Waals surface area contributed by atoms with E-state index in [0.717, 1.165) is 71.5 Å². The monoisotopic (exact) mass is 832 g/mol. The number of fused-ring (bicyclic) bond motifs is 2. The second kappa shape index (κ2) is 15.8. The summed E-state index contributed by atoms with van der Waals surface area (Å²) in [4.78, 5) is 20.7. The van der Waals surface area contributed by atoms with Gasteiger partial charge in [0.05, 0.1) is 67.3 Å². The number of aromatic amines is 2. The van der Waals surface area contributed by atoms with Crippen LogP contribution in [0.25, 0.3) is 78.2 Å². The minimum Gasteiger partial charge on any atom is -0.309 e. The highest BCUT2D eigenvalue weighted by molar-refractivity contribution is 6.31. The first-order valence-corrected chi connectivity index (χ1v) is 19.0. The molecule has 0 atom stereocenters. The van der Waals surface area contributed by atoms with Gasteiger partial charge in [0.15, 0.2) is 0 Å². The van der Waals surface area contributed by atoms with E-state index in [4.69, 9.17) is 33.2 Å². The molecule has 0 amide bonds. The molecule has 8 heterocycles. The number of halogens is 6. The predicted octanol–water partition coefficient (Wildman–Crippen LogP) is 9.55. The van der Waals surface area contributed by atoms with Crippen LogP contribution in [0.15, 0.2) is 97.6 Å². The summed E-state index contributed by atoms with van der Waals surface area (Å²) in [5, 5.41) is 16.5. The van der Waals surface area contributed by atoms with Crippen LogP contribution >= 0.6 is 23.2 Å². The number of likely N-dealkylation sites (N-methyl/N-ethyl adjacent to an activating group) is 1. The Labute approximate surface area is 343 Å². The van der Waals surface area contributed by atoms with E-state index in [2.05, 4.69) is 59.8 Å². The molecule has 2 aromatic carbocycles. The van der Waals surface area contributed by atoms with Gasteiger partial charge in [-0.2, -0.15) is 10.2 Å². The van der Waals surface area contributed by atoms with Crippen molar-refractivity contribution < 1.29 is 17.6 Å². The Morgan fingerprint density at radius 1 is 0.576 bits per heavy atom. The smallest absolute Gasteiger partial charge is 0.144 e. The lowest BCUT2D eigenvalue weighted by molar-refractivity contribution is 0.438. The fourth-order valence-corrected chi connectivity index (χ4v) is 7.38. The first-order valence-electron chi connectivity index (χ1n) is 18.3. The lowest BCUT2D eigenvalue weighted by Crippen LogP contribution is -2.13. The van der Waals surface area contributed by atoms with Crippen molar-refractivity contribution in [2.24, 2.45) is 0 Å². The molecular weight excluding hydrogens is 803 g/mol. The van der Waals surface area contributed by atoms with Crippen molar-refractivity contribution in [3.8, 4) is 45.0 Å². The minimum absolute atomic E-state index is 0.125. The van der Waals surface area contributed by atoms with Gasteiger partial charge >= 0.3 is 0 Å². The van der Waals surface area contributed by atoms with Gasteiger partial charge < -0.3 is 5.32 Å². The molecule has 10 nitrogen and oxygen atoms in total. The molecule has 10 rings (SSSR count). The molecule has 0 radical (unpaired) electrons. The molecule has 0 saturated carbocycles. The molecule has 3 N–H and O–H groups in total. The molecule has 16 heteroatoms. The third-order valence-electron chi connectivity index (χ3n) is 10.1. The first-order chi connectivity index (χ1) is 28.6. The Morgan fingerprint density at radius 3 is 1.58 bits per heavy atom. The fraction of sp³-hybridized carbons (Fsp3) is 0.116. The average Bonchev–Trinajstić information content (AvgIpc) is 4.09. The molecule has 8 aromatic rings. The lowest BCUT2D eigenvalue weighted by Gasteiger charge is -2.09. The summed E-state index contributed by atoms with van der Waals surface area (Å²) in [5.41, 5.74) is 10.8. The highest BCUT2D eigenvalue weighted by Gasteiger charge is 2.20. The maximum absolute atomic E-state index is 14.4. The zero-order valence-corrected chi connectivity index (χ0v) is 32.5. The lowest BCUT2D eigenvalue weighted by atomic mass is 10.0.